The fourth-order valence-corrected chi connectivity index (χ4v) is 4.67. The maximum atomic E-state index is 12.4. The van der Waals surface area contributed by atoms with Crippen molar-refractivity contribution in [1.82, 2.24) is 9.59 Å². The lowest BCUT2D eigenvalue weighted by molar-refractivity contribution is -0.140. The molecule has 2 N–H and O–H groups in total. The number of rotatable bonds is 7. The molecule has 1 atom stereocenters. The Morgan fingerprint density at radius 2 is 1.54 bits per heavy atom. The van der Waals surface area contributed by atoms with E-state index in [1.54, 1.807) is 0 Å². The minimum atomic E-state index is -0.755. The number of nitrogens with one attached hydrogen (secondary N) is 1. The summed E-state index contributed by atoms with van der Waals surface area (Å²) in [4.78, 5) is 24.0. The smallest absolute Gasteiger partial charge is 0.412 e. The molecule has 1 aliphatic rings. The van der Waals surface area contributed by atoms with Crippen molar-refractivity contribution in [3.8, 4) is 22.4 Å². The van der Waals surface area contributed by atoms with E-state index < -0.39 is 23.6 Å². The van der Waals surface area contributed by atoms with Crippen molar-refractivity contribution in [2.75, 3.05) is 5.32 Å². The van der Waals surface area contributed by atoms with Gasteiger partial charge in [0.15, 0.2) is 0 Å². The third-order valence-electron chi connectivity index (χ3n) is 6.34. The lowest BCUT2D eigenvalue weighted by Crippen LogP contribution is -2.19. The molecule has 1 fully saturated rings. The van der Waals surface area contributed by atoms with Crippen LogP contribution in [0.3, 0.4) is 0 Å². The number of hydrogen-bond acceptors (Lipinski definition) is 6. The van der Waals surface area contributed by atoms with E-state index in [9.17, 15) is 14.7 Å². The van der Waals surface area contributed by atoms with Crippen molar-refractivity contribution in [3.63, 3.8) is 0 Å². The molecule has 0 radical (unpaired) electrons. The van der Waals surface area contributed by atoms with Gasteiger partial charge in [-0.2, -0.15) is 0 Å². The average Bonchev–Trinajstić information content (AvgIpc) is 3.58. The van der Waals surface area contributed by atoms with E-state index in [0.717, 1.165) is 39.3 Å². The molecule has 8 heteroatoms. The van der Waals surface area contributed by atoms with Crippen LogP contribution in [0.4, 0.5) is 9.80 Å². The molecule has 7 nitrogen and oxygen atoms in total. The van der Waals surface area contributed by atoms with E-state index in [0.29, 0.717) is 23.5 Å². The van der Waals surface area contributed by atoms with Gasteiger partial charge in [-0.3, -0.25) is 10.1 Å². The molecular formula is C27H23N3O4S. The summed E-state index contributed by atoms with van der Waals surface area (Å²) in [5.41, 5.74) is 4.42. The summed E-state index contributed by atoms with van der Waals surface area (Å²) in [6.07, 6.45) is 0.414. The van der Waals surface area contributed by atoms with Gasteiger partial charge >= 0.3 is 12.1 Å². The van der Waals surface area contributed by atoms with Crippen molar-refractivity contribution in [2.45, 2.75) is 31.3 Å². The summed E-state index contributed by atoms with van der Waals surface area (Å²) in [7, 11) is 0. The van der Waals surface area contributed by atoms with E-state index in [1.165, 1.54) is 0 Å². The normalized spacial score (nSPS) is 14.7. The first-order valence-corrected chi connectivity index (χ1v) is 12.0. The molecule has 1 amide bonds. The van der Waals surface area contributed by atoms with E-state index >= 15 is 0 Å². The van der Waals surface area contributed by atoms with Crippen molar-refractivity contribution in [3.05, 3.63) is 90.0 Å². The highest BCUT2D eigenvalue weighted by Gasteiger charge is 2.51. The first kappa shape index (κ1) is 22.7. The molecule has 1 saturated carbocycles. The van der Waals surface area contributed by atoms with E-state index in [4.69, 9.17) is 4.74 Å². The molecule has 0 unspecified atom stereocenters. The summed E-state index contributed by atoms with van der Waals surface area (Å²) in [6.45, 7) is 1.82. The number of carbonyl (C=O) groups is 2. The number of anilines is 1. The molecule has 0 bridgehead atoms. The number of nitrogens with zero attached hydrogens (tertiary/aromatic N) is 2. The molecule has 0 aliphatic heterocycles. The number of benzene rings is 3. The monoisotopic (exact) mass is 485 g/mol. The fraction of sp³-hybridized carbons (Fsp3) is 0.185. The SMILES string of the molecule is C[C@@H](OC(=O)Nc1snnc1-c1ccc(-c2ccc(C3(C(=O)O)CC3)cc2)cc1)c1ccccc1. The fourth-order valence-electron chi connectivity index (χ4n) is 4.09. The Kier molecular flexibility index (Phi) is 6.05. The van der Waals surface area contributed by atoms with E-state index in [-0.39, 0.29) is 0 Å². The Balaban J connectivity index is 1.27. The van der Waals surface area contributed by atoms with Crippen molar-refractivity contribution < 1.29 is 19.4 Å². The molecule has 176 valence electrons. The number of ether oxygens (including phenoxy) is 1. The topological polar surface area (TPSA) is 101 Å². The van der Waals surface area contributed by atoms with Crippen LogP contribution in [-0.2, 0) is 14.9 Å². The zero-order valence-electron chi connectivity index (χ0n) is 19.0. The predicted octanol–water partition coefficient (Wildman–Crippen LogP) is 6.30. The standard InChI is InChI=1S/C27H23N3O4S/c1-17(18-5-3-2-4-6-18)34-26(33)28-24-23(29-30-35-24)21-9-7-19(8-10-21)20-11-13-22(14-12-20)27(15-16-27)25(31)32/h2-14,17H,15-16H2,1H3,(H,28,33)(H,31,32)/t17-/m1/s1. The second kappa shape index (κ2) is 9.31. The number of aromatic nitrogens is 2. The Hall–Kier alpha value is -4.04. The van der Waals surface area contributed by atoms with Gasteiger partial charge in [-0.1, -0.05) is 83.4 Å². The van der Waals surface area contributed by atoms with Gasteiger partial charge in [0.1, 0.15) is 16.8 Å². The maximum absolute atomic E-state index is 12.4. The minimum Gasteiger partial charge on any atom is -0.481 e. The second-order valence-corrected chi connectivity index (χ2v) is 9.33. The number of carboxylic acids is 1. The molecule has 1 aromatic heterocycles. The molecule has 4 aromatic rings. The first-order chi connectivity index (χ1) is 17.0. The van der Waals surface area contributed by atoms with E-state index in [1.807, 2.05) is 85.8 Å². The third-order valence-corrected chi connectivity index (χ3v) is 6.99. The number of carboxylic acid groups (broad SMARTS) is 1. The van der Waals surface area contributed by atoms with Crippen LogP contribution < -0.4 is 5.32 Å². The Labute approximate surface area is 206 Å². The highest BCUT2D eigenvalue weighted by molar-refractivity contribution is 7.10. The largest absolute Gasteiger partial charge is 0.481 e. The van der Waals surface area contributed by atoms with Gasteiger partial charge in [0.05, 0.1) is 5.41 Å². The molecule has 1 heterocycles. The van der Waals surface area contributed by atoms with Gasteiger partial charge in [-0.05, 0) is 42.0 Å². The van der Waals surface area contributed by atoms with Crippen molar-refractivity contribution in [2.24, 2.45) is 0 Å². The summed E-state index contributed by atoms with van der Waals surface area (Å²) in [5.74, 6) is -0.755. The lowest BCUT2D eigenvalue weighted by atomic mass is 9.93. The minimum absolute atomic E-state index is 0.392. The summed E-state index contributed by atoms with van der Waals surface area (Å²) in [6, 6.07) is 25.0. The predicted molar refractivity (Wildman–Crippen MR) is 134 cm³/mol. The number of hydrogen-bond donors (Lipinski definition) is 2. The second-order valence-electron chi connectivity index (χ2n) is 8.58. The van der Waals surface area contributed by atoms with Gasteiger partial charge in [0.25, 0.3) is 0 Å². The number of amides is 1. The summed E-state index contributed by atoms with van der Waals surface area (Å²) >= 11 is 1.09. The van der Waals surface area contributed by atoms with E-state index in [2.05, 4.69) is 14.9 Å². The zero-order chi connectivity index (χ0) is 24.4. The maximum Gasteiger partial charge on any atom is 0.412 e. The average molecular weight is 486 g/mol. The van der Waals surface area contributed by atoms with Crippen LogP contribution in [0.25, 0.3) is 22.4 Å². The van der Waals surface area contributed by atoms with Gasteiger partial charge in [0.2, 0.25) is 0 Å². The zero-order valence-corrected chi connectivity index (χ0v) is 19.8. The highest BCUT2D eigenvalue weighted by Crippen LogP contribution is 2.48. The van der Waals surface area contributed by atoms with Crippen LogP contribution in [-0.4, -0.2) is 26.8 Å². The quantitative estimate of drug-likeness (QED) is 0.319. The molecule has 35 heavy (non-hydrogen) atoms. The molecule has 0 saturated heterocycles. The van der Waals surface area contributed by atoms with Crippen LogP contribution in [0.15, 0.2) is 78.9 Å². The molecule has 0 spiro atoms. The van der Waals surface area contributed by atoms with Crippen LogP contribution >= 0.6 is 11.5 Å². The van der Waals surface area contributed by atoms with Crippen LogP contribution in [0.2, 0.25) is 0 Å². The Morgan fingerprint density at radius 3 is 2.14 bits per heavy atom. The lowest BCUT2D eigenvalue weighted by Gasteiger charge is -2.14. The Bertz CT molecular complexity index is 1350. The van der Waals surface area contributed by atoms with Gasteiger partial charge in [-0.25, -0.2) is 4.79 Å². The Morgan fingerprint density at radius 1 is 0.943 bits per heavy atom. The summed E-state index contributed by atoms with van der Waals surface area (Å²) < 4.78 is 9.49. The highest BCUT2D eigenvalue weighted by atomic mass is 32.1. The van der Waals surface area contributed by atoms with Crippen molar-refractivity contribution in [1.29, 1.82) is 0 Å². The van der Waals surface area contributed by atoms with Crippen molar-refractivity contribution >= 4 is 28.6 Å². The molecule has 5 rings (SSSR count). The summed E-state index contributed by atoms with van der Waals surface area (Å²) in [5, 5.41) is 16.9. The third kappa shape index (κ3) is 4.65. The van der Waals surface area contributed by atoms with Crippen LogP contribution in [0.1, 0.15) is 37.0 Å². The number of carbonyl (C=O) groups excluding carboxylic acids is 1. The molecule has 1 aliphatic carbocycles. The van der Waals surface area contributed by atoms with Gasteiger partial charge in [-0.15, -0.1) is 5.10 Å². The molecular weight excluding hydrogens is 462 g/mol. The van der Waals surface area contributed by atoms with Gasteiger partial charge < -0.3 is 9.84 Å². The molecule has 3 aromatic carbocycles. The van der Waals surface area contributed by atoms with Crippen LogP contribution in [0.5, 0.6) is 0 Å². The van der Waals surface area contributed by atoms with Crippen LogP contribution in [0, 0.1) is 0 Å². The van der Waals surface area contributed by atoms with Gasteiger partial charge in [0, 0.05) is 17.1 Å². The number of aliphatic carboxylic acids is 1. The first-order valence-electron chi connectivity index (χ1n) is 11.3.